The number of hydrazone groups is 1. The minimum absolute atomic E-state index is 0.0862. The Hall–Kier alpha value is -3.02. The van der Waals surface area contributed by atoms with Crippen molar-refractivity contribution in [2.75, 3.05) is 12.5 Å². The summed E-state index contributed by atoms with van der Waals surface area (Å²) in [5.41, 5.74) is 4.56. The van der Waals surface area contributed by atoms with E-state index in [0.29, 0.717) is 22.7 Å². The monoisotopic (exact) mass is 300 g/mol. The molecule has 0 aliphatic carbocycles. The number of carboxylic acids is 1. The van der Waals surface area contributed by atoms with E-state index in [-0.39, 0.29) is 11.3 Å². The number of phenolic OH excluding ortho intramolecular Hbond substituents is 1. The van der Waals surface area contributed by atoms with Crippen molar-refractivity contribution in [1.29, 1.82) is 0 Å². The molecule has 3 N–H and O–H groups in total. The number of nitrogens with one attached hydrogen (secondary N) is 1. The van der Waals surface area contributed by atoms with Gasteiger partial charge in [-0.1, -0.05) is 6.07 Å². The number of carbonyl (C=O) groups is 1. The van der Waals surface area contributed by atoms with Gasteiger partial charge in [-0.15, -0.1) is 0 Å². The maximum absolute atomic E-state index is 10.9. The van der Waals surface area contributed by atoms with Crippen LogP contribution in [0.1, 0.15) is 22.8 Å². The van der Waals surface area contributed by atoms with Crippen molar-refractivity contribution >= 4 is 17.4 Å². The van der Waals surface area contributed by atoms with E-state index in [2.05, 4.69) is 10.5 Å². The number of hydrogen-bond donors (Lipinski definition) is 3. The SMILES string of the molecule is COc1ccc(O)c(/C(C)=N/Nc2cccc(C(=O)O)c2)c1. The lowest BCUT2D eigenvalue weighted by Gasteiger charge is -2.08. The van der Waals surface area contributed by atoms with Crippen LogP contribution in [0.5, 0.6) is 11.5 Å². The number of carboxylic acid groups (broad SMARTS) is 1. The molecule has 0 radical (unpaired) electrons. The van der Waals surface area contributed by atoms with Crippen LogP contribution in [-0.4, -0.2) is 29.0 Å². The molecule has 114 valence electrons. The van der Waals surface area contributed by atoms with Gasteiger partial charge in [-0.2, -0.15) is 5.10 Å². The Morgan fingerprint density at radius 1 is 1.23 bits per heavy atom. The summed E-state index contributed by atoms with van der Waals surface area (Å²) >= 11 is 0. The molecule has 0 fully saturated rings. The lowest BCUT2D eigenvalue weighted by atomic mass is 10.1. The number of rotatable bonds is 5. The van der Waals surface area contributed by atoms with Crippen LogP contribution >= 0.6 is 0 Å². The van der Waals surface area contributed by atoms with E-state index in [4.69, 9.17) is 9.84 Å². The molecule has 22 heavy (non-hydrogen) atoms. The molecule has 0 spiro atoms. The number of nitrogens with zero attached hydrogens (tertiary/aromatic N) is 1. The van der Waals surface area contributed by atoms with Crippen molar-refractivity contribution < 1.29 is 19.7 Å². The molecule has 0 aromatic heterocycles. The minimum Gasteiger partial charge on any atom is -0.507 e. The molecule has 2 aromatic rings. The van der Waals surface area contributed by atoms with Crippen LogP contribution in [-0.2, 0) is 0 Å². The van der Waals surface area contributed by atoms with Gasteiger partial charge in [-0.3, -0.25) is 5.43 Å². The molecule has 6 heteroatoms. The molecule has 0 aliphatic heterocycles. The van der Waals surface area contributed by atoms with Crippen molar-refractivity contribution in [3.05, 3.63) is 53.6 Å². The first-order chi connectivity index (χ1) is 10.5. The molecule has 0 heterocycles. The number of methoxy groups -OCH3 is 1. The summed E-state index contributed by atoms with van der Waals surface area (Å²) in [6, 6.07) is 11.1. The van der Waals surface area contributed by atoms with Crippen LogP contribution in [0.25, 0.3) is 0 Å². The number of benzene rings is 2. The highest BCUT2D eigenvalue weighted by Crippen LogP contribution is 2.23. The third-order valence-corrected chi connectivity index (χ3v) is 3.06. The van der Waals surface area contributed by atoms with E-state index in [1.54, 1.807) is 31.2 Å². The molecule has 2 rings (SSSR count). The second kappa shape index (κ2) is 6.62. The van der Waals surface area contributed by atoms with Gasteiger partial charge in [0.2, 0.25) is 0 Å². The predicted octanol–water partition coefficient (Wildman–Crippen LogP) is 2.94. The Kier molecular flexibility index (Phi) is 4.63. The normalized spacial score (nSPS) is 11.1. The van der Waals surface area contributed by atoms with E-state index < -0.39 is 5.97 Å². The van der Waals surface area contributed by atoms with Gasteiger partial charge in [0.05, 0.1) is 24.1 Å². The van der Waals surface area contributed by atoms with Crippen LogP contribution in [0.2, 0.25) is 0 Å². The Morgan fingerprint density at radius 3 is 2.68 bits per heavy atom. The Balaban J connectivity index is 2.23. The Bertz CT molecular complexity index is 726. The standard InChI is InChI=1S/C16H16N2O4/c1-10(14-9-13(22-2)6-7-15(14)19)17-18-12-5-3-4-11(8-12)16(20)21/h3-9,18-19H,1-2H3,(H,20,21)/b17-10+. The van der Waals surface area contributed by atoms with Gasteiger partial charge < -0.3 is 14.9 Å². The third-order valence-electron chi connectivity index (χ3n) is 3.06. The fraction of sp³-hybridized carbons (Fsp3) is 0.125. The van der Waals surface area contributed by atoms with Crippen molar-refractivity contribution in [2.45, 2.75) is 6.92 Å². The van der Waals surface area contributed by atoms with E-state index in [0.717, 1.165) is 0 Å². The summed E-state index contributed by atoms with van der Waals surface area (Å²) in [7, 11) is 1.54. The topological polar surface area (TPSA) is 91.2 Å². The highest BCUT2D eigenvalue weighted by atomic mass is 16.5. The highest BCUT2D eigenvalue weighted by molar-refractivity contribution is 6.01. The molecule has 0 unspecified atom stereocenters. The maximum atomic E-state index is 10.9. The number of phenols is 1. The van der Waals surface area contributed by atoms with Crippen LogP contribution in [0.15, 0.2) is 47.6 Å². The minimum atomic E-state index is -1.00. The second-order valence-electron chi connectivity index (χ2n) is 4.58. The van der Waals surface area contributed by atoms with E-state index >= 15 is 0 Å². The number of aromatic carboxylic acids is 1. The molecule has 0 saturated carbocycles. The summed E-state index contributed by atoms with van der Waals surface area (Å²) in [6.45, 7) is 1.72. The summed E-state index contributed by atoms with van der Waals surface area (Å²) < 4.78 is 5.11. The van der Waals surface area contributed by atoms with Gasteiger partial charge in [0, 0.05) is 5.56 Å². The fourth-order valence-corrected chi connectivity index (χ4v) is 1.86. The number of hydrogen-bond acceptors (Lipinski definition) is 5. The van der Waals surface area contributed by atoms with Crippen molar-refractivity contribution in [3.8, 4) is 11.5 Å². The average molecular weight is 300 g/mol. The van der Waals surface area contributed by atoms with Gasteiger partial charge in [0.1, 0.15) is 11.5 Å². The maximum Gasteiger partial charge on any atom is 0.335 e. The van der Waals surface area contributed by atoms with Gasteiger partial charge in [0.15, 0.2) is 0 Å². The predicted molar refractivity (Wildman–Crippen MR) is 83.9 cm³/mol. The zero-order chi connectivity index (χ0) is 16.1. The first-order valence-electron chi connectivity index (χ1n) is 6.52. The second-order valence-corrected chi connectivity index (χ2v) is 4.58. The quantitative estimate of drug-likeness (QED) is 0.583. The van der Waals surface area contributed by atoms with Crippen LogP contribution in [0.4, 0.5) is 5.69 Å². The molecule has 0 amide bonds. The Morgan fingerprint density at radius 2 is 2.00 bits per heavy atom. The van der Waals surface area contributed by atoms with E-state index in [1.807, 2.05) is 0 Å². The average Bonchev–Trinajstić information content (AvgIpc) is 2.53. The zero-order valence-electron chi connectivity index (χ0n) is 12.2. The molecule has 0 aliphatic rings. The zero-order valence-corrected chi connectivity index (χ0v) is 12.2. The molecule has 6 nitrogen and oxygen atoms in total. The summed E-state index contributed by atoms with van der Waals surface area (Å²) in [5, 5.41) is 23.0. The van der Waals surface area contributed by atoms with Crippen molar-refractivity contribution in [1.82, 2.24) is 0 Å². The number of anilines is 1. The van der Waals surface area contributed by atoms with E-state index in [9.17, 15) is 9.90 Å². The van der Waals surface area contributed by atoms with Gasteiger partial charge >= 0.3 is 5.97 Å². The lowest BCUT2D eigenvalue weighted by Crippen LogP contribution is -2.02. The number of ether oxygens (including phenoxy) is 1. The smallest absolute Gasteiger partial charge is 0.335 e. The first kappa shape index (κ1) is 15.4. The molecule has 0 saturated heterocycles. The van der Waals surface area contributed by atoms with Gasteiger partial charge in [0.25, 0.3) is 0 Å². The Labute approximate surface area is 127 Å². The van der Waals surface area contributed by atoms with Crippen molar-refractivity contribution in [2.24, 2.45) is 5.10 Å². The third kappa shape index (κ3) is 3.54. The summed E-state index contributed by atoms with van der Waals surface area (Å²) in [4.78, 5) is 10.9. The van der Waals surface area contributed by atoms with E-state index in [1.165, 1.54) is 25.3 Å². The molecule has 2 aromatic carbocycles. The summed E-state index contributed by atoms with van der Waals surface area (Å²) in [5.74, 6) is -0.312. The largest absolute Gasteiger partial charge is 0.507 e. The van der Waals surface area contributed by atoms with Gasteiger partial charge in [-0.25, -0.2) is 4.79 Å². The summed E-state index contributed by atoms with van der Waals surface area (Å²) in [6.07, 6.45) is 0. The van der Waals surface area contributed by atoms with Crippen molar-refractivity contribution in [3.63, 3.8) is 0 Å². The first-order valence-corrected chi connectivity index (χ1v) is 6.52. The van der Waals surface area contributed by atoms with Gasteiger partial charge in [-0.05, 0) is 43.3 Å². The molecule has 0 bridgehead atoms. The molecular weight excluding hydrogens is 284 g/mol. The highest BCUT2D eigenvalue weighted by Gasteiger charge is 2.07. The van der Waals surface area contributed by atoms with Crippen LogP contribution in [0, 0.1) is 0 Å². The number of aromatic hydroxyl groups is 1. The van der Waals surface area contributed by atoms with Crippen LogP contribution in [0.3, 0.4) is 0 Å². The lowest BCUT2D eigenvalue weighted by molar-refractivity contribution is 0.0697. The molecular formula is C16H16N2O4. The fourth-order valence-electron chi connectivity index (χ4n) is 1.86. The molecule has 0 atom stereocenters. The van der Waals surface area contributed by atoms with Crippen LogP contribution < -0.4 is 10.2 Å².